The molecule has 2 rings (SSSR count). The van der Waals surface area contributed by atoms with Crippen LogP contribution in [0.25, 0.3) is 0 Å². The maximum absolute atomic E-state index is 11.9. The highest BCUT2D eigenvalue weighted by molar-refractivity contribution is 7.14. The van der Waals surface area contributed by atoms with Crippen LogP contribution in [-0.4, -0.2) is 81.9 Å². The third-order valence-corrected chi connectivity index (χ3v) is 7.67. The van der Waals surface area contributed by atoms with Gasteiger partial charge in [-0.1, -0.05) is 12.8 Å². The fourth-order valence-electron chi connectivity index (χ4n) is 3.95. The molecule has 0 saturated heterocycles. The van der Waals surface area contributed by atoms with Crippen molar-refractivity contribution in [1.82, 2.24) is 20.6 Å². The van der Waals surface area contributed by atoms with E-state index in [0.29, 0.717) is 67.0 Å². The average Bonchev–Trinajstić information content (AvgIpc) is 3.63. The number of thiazole rings is 2. The molecule has 0 spiro atoms. The summed E-state index contributed by atoms with van der Waals surface area (Å²) >= 11 is 2.49. The molecule has 292 valence electrons. The molecule has 0 saturated carbocycles. The highest BCUT2D eigenvalue weighted by Crippen LogP contribution is 2.18. The van der Waals surface area contributed by atoms with Gasteiger partial charge in [0, 0.05) is 36.7 Å². The monoisotopic (exact) mass is 770 g/mol. The van der Waals surface area contributed by atoms with Gasteiger partial charge in [0.2, 0.25) is 11.8 Å². The topological polar surface area (TPSA) is 224 Å². The minimum absolute atomic E-state index is 0.102. The summed E-state index contributed by atoms with van der Waals surface area (Å²) < 4.78 is 15.1. The Hall–Kier alpha value is -4.32. The van der Waals surface area contributed by atoms with Crippen LogP contribution in [0.5, 0.6) is 0 Å². The number of carbonyl (C=O) groups excluding carboxylic acids is 5. The van der Waals surface area contributed by atoms with Crippen molar-refractivity contribution in [2.24, 2.45) is 0 Å². The van der Waals surface area contributed by atoms with E-state index < -0.39 is 29.4 Å². The Morgan fingerprint density at radius 3 is 1.48 bits per heavy atom. The molecule has 0 atom stereocenters. The summed E-state index contributed by atoms with van der Waals surface area (Å²) in [6, 6.07) is 0. The van der Waals surface area contributed by atoms with E-state index >= 15 is 0 Å². The Kier molecular flexibility index (Phi) is 21.1. The van der Waals surface area contributed by atoms with Crippen molar-refractivity contribution in [3.05, 3.63) is 22.1 Å². The first-order valence-electron chi connectivity index (χ1n) is 17.1. The van der Waals surface area contributed by atoms with Crippen LogP contribution in [-0.2, 0) is 46.2 Å². The summed E-state index contributed by atoms with van der Waals surface area (Å²) in [6.07, 6.45) is 4.34. The molecule has 2 aromatic rings. The number of hydrogen-bond donors (Lipinski definition) is 5. The Balaban J connectivity index is 0.000000522. The van der Waals surface area contributed by atoms with Crippen LogP contribution in [0.2, 0.25) is 0 Å². The maximum Gasteiger partial charge on any atom is 0.407 e. The van der Waals surface area contributed by atoms with Crippen molar-refractivity contribution in [1.29, 1.82) is 0 Å². The molecule has 4 amide bonds. The fourth-order valence-corrected chi connectivity index (χ4v) is 5.41. The normalized spacial score (nSPS) is 11.0. The van der Waals surface area contributed by atoms with E-state index in [4.69, 9.17) is 19.3 Å². The molecule has 52 heavy (non-hydrogen) atoms. The second kappa shape index (κ2) is 24.0. The molecule has 0 fully saturated rings. The number of nitrogens with zero attached hydrogens (tertiary/aromatic N) is 2. The molecule has 0 radical (unpaired) electrons. The molecular formula is C34H54N6O10S2. The van der Waals surface area contributed by atoms with Crippen molar-refractivity contribution < 1.29 is 48.1 Å². The number of aliphatic carboxylic acids is 1. The van der Waals surface area contributed by atoms with E-state index in [0.717, 1.165) is 25.7 Å². The van der Waals surface area contributed by atoms with Crippen LogP contribution in [0, 0.1) is 0 Å². The predicted octanol–water partition coefficient (Wildman–Crippen LogP) is 6.07. The van der Waals surface area contributed by atoms with Gasteiger partial charge in [0.25, 0.3) is 0 Å². The minimum Gasteiger partial charge on any atom is -0.481 e. The number of rotatable bonds is 19. The Labute approximate surface area is 313 Å². The van der Waals surface area contributed by atoms with Gasteiger partial charge in [-0.25, -0.2) is 19.6 Å². The lowest BCUT2D eigenvalue weighted by atomic mass is 10.2. The van der Waals surface area contributed by atoms with E-state index in [1.54, 1.807) is 38.5 Å². The van der Waals surface area contributed by atoms with Gasteiger partial charge < -0.3 is 40.6 Å². The SMILES string of the molecule is CC(C)(C)OC(=O)NCCCCCC(=O)Nc1nc(CC(=O)O)cs1.CCOC(=O)Cc1csc(NC(=O)CCCCCNC(=O)OC(C)(C)C)n1. The zero-order valence-electron chi connectivity index (χ0n) is 31.2. The number of aromatic nitrogens is 2. The minimum atomic E-state index is -0.955. The van der Waals surface area contributed by atoms with Gasteiger partial charge in [0.05, 0.1) is 30.8 Å². The van der Waals surface area contributed by atoms with Crippen LogP contribution in [0.4, 0.5) is 19.9 Å². The number of carbonyl (C=O) groups is 6. The molecule has 0 aromatic carbocycles. The molecule has 0 bridgehead atoms. The van der Waals surface area contributed by atoms with Gasteiger partial charge in [-0.2, -0.15) is 0 Å². The summed E-state index contributed by atoms with van der Waals surface area (Å²) in [6.45, 7) is 13.9. The molecular weight excluding hydrogens is 717 g/mol. The van der Waals surface area contributed by atoms with Gasteiger partial charge in [-0.3, -0.25) is 19.2 Å². The van der Waals surface area contributed by atoms with E-state index in [-0.39, 0.29) is 30.6 Å². The Morgan fingerprint density at radius 1 is 0.673 bits per heavy atom. The number of anilines is 2. The Bertz CT molecular complexity index is 1430. The van der Waals surface area contributed by atoms with Crippen molar-refractivity contribution in [2.45, 2.75) is 124 Å². The van der Waals surface area contributed by atoms with Gasteiger partial charge in [0.15, 0.2) is 10.3 Å². The average molecular weight is 771 g/mol. The van der Waals surface area contributed by atoms with E-state index in [9.17, 15) is 28.8 Å². The molecule has 18 heteroatoms. The number of alkyl carbamates (subject to hydrolysis) is 2. The van der Waals surface area contributed by atoms with Gasteiger partial charge in [-0.15, -0.1) is 22.7 Å². The van der Waals surface area contributed by atoms with Crippen molar-refractivity contribution in [3.8, 4) is 0 Å². The molecule has 0 aliphatic rings. The van der Waals surface area contributed by atoms with E-state index in [1.165, 1.54) is 22.7 Å². The van der Waals surface area contributed by atoms with Gasteiger partial charge >= 0.3 is 24.1 Å². The maximum atomic E-state index is 11.9. The highest BCUT2D eigenvalue weighted by Gasteiger charge is 2.17. The van der Waals surface area contributed by atoms with Crippen LogP contribution in [0.3, 0.4) is 0 Å². The number of ether oxygens (including phenoxy) is 3. The zero-order valence-corrected chi connectivity index (χ0v) is 32.8. The zero-order chi connectivity index (χ0) is 39.2. The third-order valence-electron chi connectivity index (χ3n) is 6.06. The third kappa shape index (κ3) is 24.8. The summed E-state index contributed by atoms with van der Waals surface area (Å²) in [4.78, 5) is 76.8. The molecule has 0 aliphatic carbocycles. The van der Waals surface area contributed by atoms with Gasteiger partial charge in [-0.05, 0) is 74.1 Å². The van der Waals surface area contributed by atoms with Gasteiger partial charge in [0.1, 0.15) is 11.2 Å². The summed E-state index contributed by atoms with van der Waals surface area (Å²) in [5.74, 6) is -1.56. The van der Waals surface area contributed by atoms with Crippen molar-refractivity contribution in [3.63, 3.8) is 0 Å². The summed E-state index contributed by atoms with van der Waals surface area (Å²) in [5, 5.41) is 23.7. The fraction of sp³-hybridized carbons (Fsp3) is 0.647. The lowest BCUT2D eigenvalue weighted by Crippen LogP contribution is -2.33. The lowest BCUT2D eigenvalue weighted by Gasteiger charge is -2.19. The van der Waals surface area contributed by atoms with Crippen LogP contribution in [0.1, 0.15) is 111 Å². The van der Waals surface area contributed by atoms with Crippen molar-refractivity contribution >= 4 is 68.9 Å². The molecule has 16 nitrogen and oxygen atoms in total. The number of carboxylic acid groups (broad SMARTS) is 1. The first-order valence-corrected chi connectivity index (χ1v) is 18.9. The van der Waals surface area contributed by atoms with E-state index in [1.807, 2.05) is 20.8 Å². The van der Waals surface area contributed by atoms with Crippen LogP contribution in [0.15, 0.2) is 10.8 Å². The van der Waals surface area contributed by atoms with Crippen molar-refractivity contribution in [2.75, 3.05) is 30.3 Å². The second-order valence-electron chi connectivity index (χ2n) is 13.4. The van der Waals surface area contributed by atoms with Crippen LogP contribution >= 0.6 is 22.7 Å². The number of hydrogen-bond acceptors (Lipinski definition) is 13. The largest absolute Gasteiger partial charge is 0.481 e. The molecule has 2 aromatic heterocycles. The van der Waals surface area contributed by atoms with Crippen LogP contribution < -0.4 is 21.3 Å². The number of nitrogens with one attached hydrogen (secondary N) is 4. The number of amides is 4. The van der Waals surface area contributed by atoms with E-state index in [2.05, 4.69) is 31.2 Å². The molecule has 0 unspecified atom stereocenters. The Morgan fingerprint density at radius 2 is 1.10 bits per heavy atom. The lowest BCUT2D eigenvalue weighted by molar-refractivity contribution is -0.142. The number of unbranched alkanes of at least 4 members (excludes halogenated alkanes) is 4. The first-order chi connectivity index (χ1) is 24.3. The molecule has 0 aliphatic heterocycles. The summed E-state index contributed by atoms with van der Waals surface area (Å²) in [5.41, 5.74) is -0.000700. The smallest absolute Gasteiger partial charge is 0.407 e. The molecule has 2 heterocycles. The number of carboxylic acids is 1. The second-order valence-corrected chi connectivity index (χ2v) is 15.1. The standard InChI is InChI=1S/C18H29N3O5S.C16H25N3O5S/c1-5-25-15(23)11-13-12-27-16(20-13)21-14(22)9-7-6-8-10-19-17(24)26-18(2,3)4;1-16(2,3)24-15(23)17-8-6-4-5-7-12(20)19-14-18-11(10-25-14)9-13(21)22/h12H,5-11H2,1-4H3,(H,19,24)(H,20,21,22);10H,4-9H2,1-3H3,(H,17,23)(H,21,22)(H,18,19,20). The summed E-state index contributed by atoms with van der Waals surface area (Å²) in [7, 11) is 0. The first kappa shape index (κ1) is 45.7. The molecule has 5 N–H and O–H groups in total. The predicted molar refractivity (Wildman–Crippen MR) is 199 cm³/mol. The number of esters is 1. The quantitative estimate of drug-likeness (QED) is 0.0624. The highest BCUT2D eigenvalue weighted by atomic mass is 32.1.